The van der Waals surface area contributed by atoms with E-state index in [1.165, 1.54) is 4.90 Å². The van der Waals surface area contributed by atoms with Crippen LogP contribution >= 0.6 is 0 Å². The van der Waals surface area contributed by atoms with Crippen LogP contribution in [0, 0.1) is 5.92 Å². The van der Waals surface area contributed by atoms with Crippen LogP contribution in [0.3, 0.4) is 0 Å². The molecule has 0 bridgehead atoms. The third kappa shape index (κ3) is 2.82. The SMILES string of the molecule is CN(C)C(=O)N1CCCC(C(=O)NN)C1. The monoisotopic (exact) mass is 214 g/mol. The van der Waals surface area contributed by atoms with Gasteiger partial charge >= 0.3 is 6.03 Å². The Morgan fingerprint density at radius 3 is 2.67 bits per heavy atom. The van der Waals surface area contributed by atoms with Crippen LogP contribution in [0.4, 0.5) is 4.79 Å². The van der Waals surface area contributed by atoms with Gasteiger partial charge in [-0.2, -0.15) is 0 Å². The van der Waals surface area contributed by atoms with Gasteiger partial charge in [0, 0.05) is 27.2 Å². The van der Waals surface area contributed by atoms with E-state index in [-0.39, 0.29) is 17.9 Å². The minimum absolute atomic E-state index is 0.0514. The summed E-state index contributed by atoms with van der Waals surface area (Å²) in [6, 6.07) is -0.0514. The van der Waals surface area contributed by atoms with Crippen molar-refractivity contribution >= 4 is 11.9 Å². The Labute approximate surface area is 89.4 Å². The molecule has 15 heavy (non-hydrogen) atoms. The van der Waals surface area contributed by atoms with Crippen molar-refractivity contribution in [1.82, 2.24) is 15.2 Å². The van der Waals surface area contributed by atoms with E-state index < -0.39 is 0 Å². The number of carbonyl (C=O) groups is 2. The molecule has 1 aliphatic rings. The summed E-state index contributed by atoms with van der Waals surface area (Å²) in [5.41, 5.74) is 2.13. The van der Waals surface area contributed by atoms with Gasteiger partial charge in [-0.3, -0.25) is 10.2 Å². The molecule has 0 spiro atoms. The molecule has 1 atom stereocenters. The standard InChI is InChI=1S/C9H18N4O2/c1-12(2)9(15)13-5-3-4-7(6-13)8(14)11-10/h7H,3-6,10H2,1-2H3,(H,11,14). The largest absolute Gasteiger partial charge is 0.331 e. The van der Waals surface area contributed by atoms with E-state index in [1.807, 2.05) is 0 Å². The fourth-order valence-electron chi connectivity index (χ4n) is 1.77. The minimum atomic E-state index is -0.189. The van der Waals surface area contributed by atoms with Gasteiger partial charge in [-0.15, -0.1) is 0 Å². The summed E-state index contributed by atoms with van der Waals surface area (Å²) in [7, 11) is 3.41. The van der Waals surface area contributed by atoms with Gasteiger partial charge in [0.05, 0.1) is 5.92 Å². The molecule has 1 aliphatic heterocycles. The Hall–Kier alpha value is -1.30. The number of rotatable bonds is 1. The van der Waals surface area contributed by atoms with Crippen LogP contribution in [0.1, 0.15) is 12.8 Å². The Balaban J connectivity index is 2.56. The molecule has 1 unspecified atom stereocenters. The van der Waals surface area contributed by atoms with Gasteiger partial charge in [-0.1, -0.05) is 0 Å². The van der Waals surface area contributed by atoms with E-state index in [4.69, 9.17) is 5.84 Å². The highest BCUT2D eigenvalue weighted by Crippen LogP contribution is 2.17. The fourth-order valence-corrected chi connectivity index (χ4v) is 1.77. The molecule has 1 heterocycles. The maximum absolute atomic E-state index is 11.6. The molecule has 86 valence electrons. The summed E-state index contributed by atoms with van der Waals surface area (Å²) < 4.78 is 0. The smallest absolute Gasteiger partial charge is 0.319 e. The lowest BCUT2D eigenvalue weighted by Crippen LogP contribution is -2.49. The predicted molar refractivity (Wildman–Crippen MR) is 55.7 cm³/mol. The first-order valence-corrected chi connectivity index (χ1v) is 5.03. The van der Waals surface area contributed by atoms with Crippen LogP contribution in [-0.4, -0.2) is 48.9 Å². The maximum atomic E-state index is 11.6. The highest BCUT2D eigenvalue weighted by molar-refractivity contribution is 5.80. The summed E-state index contributed by atoms with van der Waals surface area (Å²) in [4.78, 5) is 26.2. The normalized spacial score (nSPS) is 21.0. The topological polar surface area (TPSA) is 78.7 Å². The number of hydrogen-bond acceptors (Lipinski definition) is 3. The minimum Gasteiger partial charge on any atom is -0.331 e. The van der Waals surface area contributed by atoms with Crippen LogP contribution < -0.4 is 11.3 Å². The summed E-state index contributed by atoms with van der Waals surface area (Å²) in [6.07, 6.45) is 1.64. The molecule has 1 rings (SSSR count). The van der Waals surface area contributed by atoms with Crippen molar-refractivity contribution in [1.29, 1.82) is 0 Å². The van der Waals surface area contributed by atoms with Gasteiger partial charge < -0.3 is 9.80 Å². The lowest BCUT2D eigenvalue weighted by Gasteiger charge is -2.33. The quantitative estimate of drug-likeness (QED) is 0.346. The molecule has 0 aliphatic carbocycles. The summed E-state index contributed by atoms with van der Waals surface area (Å²) in [6.45, 7) is 1.17. The summed E-state index contributed by atoms with van der Waals surface area (Å²) >= 11 is 0. The van der Waals surface area contributed by atoms with Crippen LogP contribution in [0.25, 0.3) is 0 Å². The zero-order valence-corrected chi connectivity index (χ0v) is 9.19. The van der Waals surface area contributed by atoms with Crippen molar-refractivity contribution in [3.8, 4) is 0 Å². The molecule has 0 aromatic carbocycles. The predicted octanol–water partition coefficient (Wildman–Crippen LogP) is -0.630. The van der Waals surface area contributed by atoms with E-state index in [0.29, 0.717) is 13.1 Å². The number of piperidine rings is 1. The second-order valence-corrected chi connectivity index (χ2v) is 3.97. The third-order valence-electron chi connectivity index (χ3n) is 2.59. The molecule has 6 heteroatoms. The maximum Gasteiger partial charge on any atom is 0.319 e. The van der Waals surface area contributed by atoms with Crippen molar-refractivity contribution in [2.75, 3.05) is 27.2 Å². The Morgan fingerprint density at radius 2 is 2.13 bits per heavy atom. The van der Waals surface area contributed by atoms with Crippen molar-refractivity contribution < 1.29 is 9.59 Å². The Bertz CT molecular complexity index is 254. The molecule has 1 saturated heterocycles. The zero-order valence-electron chi connectivity index (χ0n) is 9.19. The van der Waals surface area contributed by atoms with E-state index >= 15 is 0 Å². The van der Waals surface area contributed by atoms with E-state index in [1.54, 1.807) is 19.0 Å². The number of likely N-dealkylation sites (tertiary alicyclic amines) is 1. The van der Waals surface area contributed by atoms with Crippen LogP contribution in [0.2, 0.25) is 0 Å². The van der Waals surface area contributed by atoms with Crippen molar-refractivity contribution in [3.63, 3.8) is 0 Å². The summed E-state index contributed by atoms with van der Waals surface area (Å²) in [5.74, 6) is 4.71. The van der Waals surface area contributed by atoms with Crippen molar-refractivity contribution in [2.45, 2.75) is 12.8 Å². The first kappa shape index (κ1) is 11.8. The van der Waals surface area contributed by atoms with Gasteiger partial charge in [0.25, 0.3) is 0 Å². The highest BCUT2D eigenvalue weighted by Gasteiger charge is 2.28. The van der Waals surface area contributed by atoms with Gasteiger partial charge in [-0.05, 0) is 12.8 Å². The van der Waals surface area contributed by atoms with E-state index in [9.17, 15) is 9.59 Å². The zero-order chi connectivity index (χ0) is 11.4. The van der Waals surface area contributed by atoms with Gasteiger partial charge in [0.15, 0.2) is 0 Å². The molecule has 3 amide bonds. The number of nitrogens with one attached hydrogen (secondary N) is 1. The van der Waals surface area contributed by atoms with Crippen LogP contribution in [-0.2, 0) is 4.79 Å². The van der Waals surface area contributed by atoms with E-state index in [2.05, 4.69) is 5.43 Å². The number of amides is 3. The average Bonchev–Trinajstić information content (AvgIpc) is 2.27. The molecule has 0 aromatic rings. The van der Waals surface area contributed by atoms with Crippen molar-refractivity contribution in [2.24, 2.45) is 11.8 Å². The number of carbonyl (C=O) groups excluding carboxylic acids is 2. The first-order valence-electron chi connectivity index (χ1n) is 5.03. The number of urea groups is 1. The second-order valence-electron chi connectivity index (χ2n) is 3.97. The molecular weight excluding hydrogens is 196 g/mol. The molecule has 0 saturated carbocycles. The first-order chi connectivity index (χ1) is 7.06. The van der Waals surface area contributed by atoms with Crippen LogP contribution in [0.5, 0.6) is 0 Å². The highest BCUT2D eigenvalue weighted by atomic mass is 16.2. The van der Waals surface area contributed by atoms with Crippen molar-refractivity contribution in [3.05, 3.63) is 0 Å². The molecule has 3 N–H and O–H groups in total. The number of nitrogens with two attached hydrogens (primary N) is 1. The molecule has 0 aromatic heterocycles. The Kier molecular flexibility index (Phi) is 3.90. The number of hydrogen-bond donors (Lipinski definition) is 2. The second kappa shape index (κ2) is 4.97. The molecular formula is C9H18N4O2. The number of hydrazine groups is 1. The Morgan fingerprint density at radius 1 is 1.47 bits per heavy atom. The summed E-state index contributed by atoms with van der Waals surface area (Å²) in [5, 5.41) is 0. The average molecular weight is 214 g/mol. The lowest BCUT2D eigenvalue weighted by atomic mass is 9.98. The molecule has 1 fully saturated rings. The fraction of sp³-hybridized carbons (Fsp3) is 0.778. The van der Waals surface area contributed by atoms with Gasteiger partial charge in [-0.25, -0.2) is 10.6 Å². The molecule has 0 radical (unpaired) electrons. The lowest BCUT2D eigenvalue weighted by molar-refractivity contribution is -0.126. The van der Waals surface area contributed by atoms with E-state index in [0.717, 1.165) is 12.8 Å². The van der Waals surface area contributed by atoms with Crippen LogP contribution in [0.15, 0.2) is 0 Å². The van der Waals surface area contributed by atoms with Gasteiger partial charge in [0.2, 0.25) is 5.91 Å². The third-order valence-corrected chi connectivity index (χ3v) is 2.59. The molecule has 6 nitrogen and oxygen atoms in total. The van der Waals surface area contributed by atoms with Gasteiger partial charge in [0.1, 0.15) is 0 Å². The number of nitrogens with zero attached hydrogens (tertiary/aromatic N) is 2.